The van der Waals surface area contributed by atoms with Crippen LogP contribution in [0, 0.1) is 11.8 Å². The molecule has 2 aromatic carbocycles. The molecule has 12 nitrogen and oxygen atoms in total. The molecule has 0 saturated carbocycles. The van der Waals surface area contributed by atoms with Crippen LogP contribution in [0.4, 0.5) is 11.4 Å². The summed E-state index contributed by atoms with van der Waals surface area (Å²) in [6, 6.07) is 16.4. The minimum absolute atomic E-state index is 0.395. The molecule has 0 bridgehead atoms. The summed E-state index contributed by atoms with van der Waals surface area (Å²) in [6.07, 6.45) is 2.97. The zero-order valence-corrected chi connectivity index (χ0v) is 23.6. The molecule has 0 spiro atoms. The van der Waals surface area contributed by atoms with Gasteiger partial charge in [0.2, 0.25) is 11.8 Å². The van der Waals surface area contributed by atoms with Crippen LogP contribution in [0.3, 0.4) is 0 Å². The van der Waals surface area contributed by atoms with Crippen LogP contribution in [0.1, 0.15) is 23.6 Å². The average Bonchev–Trinajstić information content (AvgIpc) is 3.88. The lowest BCUT2D eigenvalue weighted by molar-refractivity contribution is -0.136. The Morgan fingerprint density at radius 2 is 0.909 bits per heavy atom. The number of hydrogen-bond donors (Lipinski definition) is 0. The third-order valence-electron chi connectivity index (χ3n) is 9.06. The summed E-state index contributed by atoms with van der Waals surface area (Å²) in [5.74, 6) is -1.67. The Kier molecular flexibility index (Phi) is 5.80. The number of benzene rings is 2. The topological polar surface area (TPSA) is 126 Å². The van der Waals surface area contributed by atoms with Crippen molar-refractivity contribution in [2.24, 2.45) is 11.8 Å². The predicted octanol–water partition coefficient (Wildman–Crippen LogP) is 3.33. The van der Waals surface area contributed by atoms with E-state index in [4.69, 9.17) is 18.3 Å². The molecule has 4 fully saturated rings. The van der Waals surface area contributed by atoms with Gasteiger partial charge >= 0.3 is 0 Å². The van der Waals surface area contributed by atoms with Crippen LogP contribution >= 0.6 is 0 Å². The van der Waals surface area contributed by atoms with E-state index in [0.29, 0.717) is 34.4 Å². The van der Waals surface area contributed by atoms with Crippen molar-refractivity contribution >= 4 is 35.0 Å². The lowest BCUT2D eigenvalue weighted by Gasteiger charge is -2.34. The van der Waals surface area contributed by atoms with Crippen LogP contribution in [0.5, 0.6) is 11.5 Å². The van der Waals surface area contributed by atoms with Gasteiger partial charge in [-0.3, -0.25) is 19.2 Å². The first-order valence-electron chi connectivity index (χ1n) is 14.1. The Morgan fingerprint density at radius 1 is 0.523 bits per heavy atom. The van der Waals surface area contributed by atoms with E-state index < -0.39 is 59.6 Å². The van der Waals surface area contributed by atoms with E-state index in [1.807, 2.05) is 0 Å². The summed E-state index contributed by atoms with van der Waals surface area (Å²) >= 11 is 0. The van der Waals surface area contributed by atoms with Crippen LogP contribution < -0.4 is 19.3 Å². The molecule has 0 N–H and O–H groups in total. The van der Waals surface area contributed by atoms with Gasteiger partial charge in [0.15, 0.2) is 0 Å². The van der Waals surface area contributed by atoms with Gasteiger partial charge in [-0.05, 0) is 72.8 Å². The minimum atomic E-state index is -1.02. The van der Waals surface area contributed by atoms with Crippen molar-refractivity contribution in [3.05, 3.63) is 96.8 Å². The van der Waals surface area contributed by atoms with Gasteiger partial charge in [-0.25, -0.2) is 19.8 Å². The van der Waals surface area contributed by atoms with Gasteiger partial charge < -0.3 is 18.3 Å². The fourth-order valence-corrected chi connectivity index (χ4v) is 7.28. The summed E-state index contributed by atoms with van der Waals surface area (Å²) in [5.41, 5.74) is 0.790. The van der Waals surface area contributed by atoms with Gasteiger partial charge in [-0.15, -0.1) is 0 Å². The van der Waals surface area contributed by atoms with Crippen LogP contribution in [0.25, 0.3) is 0 Å². The van der Waals surface area contributed by atoms with E-state index in [-0.39, 0.29) is 0 Å². The second-order valence-corrected chi connectivity index (χ2v) is 11.0. The monoisotopic (exact) mass is 594 g/mol. The maximum atomic E-state index is 14.3. The van der Waals surface area contributed by atoms with E-state index in [1.165, 1.54) is 36.5 Å². The number of fused-ring (bicyclic) bond motifs is 5. The van der Waals surface area contributed by atoms with E-state index >= 15 is 0 Å². The lowest BCUT2D eigenvalue weighted by Crippen LogP contribution is -2.50. The van der Waals surface area contributed by atoms with Crippen LogP contribution in [0.15, 0.2) is 94.2 Å². The predicted molar refractivity (Wildman–Crippen MR) is 152 cm³/mol. The van der Waals surface area contributed by atoms with Crippen molar-refractivity contribution in [3.8, 4) is 11.5 Å². The second kappa shape index (κ2) is 9.66. The van der Waals surface area contributed by atoms with Crippen molar-refractivity contribution in [3.63, 3.8) is 0 Å². The molecule has 4 aliphatic rings. The molecular weight excluding hydrogens is 568 g/mol. The molecule has 222 valence electrons. The first-order chi connectivity index (χ1) is 21.4. The molecule has 4 aliphatic heterocycles. The highest BCUT2D eigenvalue weighted by Gasteiger charge is 2.74. The Labute approximate surface area is 250 Å². The highest BCUT2D eigenvalue weighted by molar-refractivity contribution is 6.26. The lowest BCUT2D eigenvalue weighted by atomic mass is 9.87. The summed E-state index contributed by atoms with van der Waals surface area (Å²) in [7, 11) is 3.07. The van der Waals surface area contributed by atoms with Crippen molar-refractivity contribution in [2.75, 3.05) is 24.0 Å². The fourth-order valence-electron chi connectivity index (χ4n) is 7.28. The second-order valence-electron chi connectivity index (χ2n) is 11.0. The van der Waals surface area contributed by atoms with Gasteiger partial charge in [0.05, 0.1) is 62.0 Å². The molecule has 0 unspecified atom stereocenters. The summed E-state index contributed by atoms with van der Waals surface area (Å²) in [4.78, 5) is 59.4. The Balaban J connectivity index is 1.27. The van der Waals surface area contributed by atoms with E-state index in [1.54, 1.807) is 82.8 Å². The van der Waals surface area contributed by atoms with E-state index in [9.17, 15) is 19.2 Å². The summed E-state index contributed by atoms with van der Waals surface area (Å²) < 4.78 is 22.2. The molecule has 8 rings (SSSR count). The number of carbonyl (C=O) groups is 4. The summed E-state index contributed by atoms with van der Waals surface area (Å²) in [6.45, 7) is 0. The Bertz CT molecular complexity index is 1640. The van der Waals surface area contributed by atoms with Crippen LogP contribution in [0.2, 0.25) is 0 Å². The van der Waals surface area contributed by atoms with Gasteiger partial charge in [0.25, 0.3) is 11.8 Å². The first kappa shape index (κ1) is 26.4. The number of hydrogen-bond acceptors (Lipinski definition) is 10. The number of methoxy groups -OCH3 is 2. The number of anilines is 2. The number of carbonyl (C=O) groups excluding carboxylic acids is 4. The number of furan rings is 2. The first-order valence-corrected chi connectivity index (χ1v) is 14.1. The number of imide groups is 2. The molecule has 12 heteroatoms. The molecule has 4 aromatic rings. The SMILES string of the molecule is COc1ccc(N2C(=O)[C@@H]3[C@@H](C2=O)N2[C@H](c4ccco4)[C@@H]4C(=O)N(c5ccc(OC)cc5)C(=O)[C@@H]4N2[C@@H]3c2ccco2)cc1. The molecule has 0 radical (unpaired) electrons. The molecule has 2 aromatic heterocycles. The molecule has 4 saturated heterocycles. The smallest absolute Gasteiger partial charge is 0.253 e. The maximum Gasteiger partial charge on any atom is 0.253 e. The standard InChI is InChI=1S/C32H26N4O8/c1-41-19-11-7-17(8-12-19)33-29(37)23-25(21-5-3-15-43-21)36-28-24(26(22-6-4-16-44-22)35(36)27(23)31(33)39)30(38)34(32(28)40)18-9-13-20(42-2)14-10-18/h3-16,23-28H,1-2H3/t23-,24-,25+,26+,27-,28+/m0/s1. The summed E-state index contributed by atoms with van der Waals surface area (Å²) in [5, 5.41) is 3.44. The average molecular weight is 595 g/mol. The van der Waals surface area contributed by atoms with Crippen molar-refractivity contribution < 1.29 is 37.5 Å². The zero-order valence-electron chi connectivity index (χ0n) is 23.6. The third kappa shape index (κ3) is 3.46. The molecular formula is C32H26N4O8. The fraction of sp³-hybridized carbons (Fsp3) is 0.250. The molecule has 0 aliphatic carbocycles. The van der Waals surface area contributed by atoms with Gasteiger partial charge in [-0.2, -0.15) is 0 Å². The number of nitrogens with zero attached hydrogens (tertiary/aromatic N) is 4. The highest BCUT2D eigenvalue weighted by atomic mass is 16.5. The molecule has 4 amide bonds. The molecule has 6 heterocycles. The zero-order chi connectivity index (χ0) is 30.3. The number of amides is 4. The van der Waals surface area contributed by atoms with Crippen molar-refractivity contribution in [1.82, 2.24) is 10.0 Å². The normalized spacial score (nSPS) is 28.1. The van der Waals surface area contributed by atoms with Crippen LogP contribution in [-0.4, -0.2) is 59.9 Å². The maximum absolute atomic E-state index is 14.3. The minimum Gasteiger partial charge on any atom is -0.497 e. The van der Waals surface area contributed by atoms with Gasteiger partial charge in [-0.1, -0.05) is 0 Å². The Morgan fingerprint density at radius 3 is 1.23 bits per heavy atom. The highest BCUT2D eigenvalue weighted by Crippen LogP contribution is 2.59. The van der Waals surface area contributed by atoms with Crippen LogP contribution in [-0.2, 0) is 19.2 Å². The third-order valence-corrected chi connectivity index (χ3v) is 9.06. The largest absolute Gasteiger partial charge is 0.497 e. The Hall–Kier alpha value is -5.20. The van der Waals surface area contributed by atoms with Gasteiger partial charge in [0, 0.05) is 0 Å². The number of rotatable bonds is 6. The number of ether oxygens (including phenoxy) is 2. The van der Waals surface area contributed by atoms with Crippen molar-refractivity contribution in [2.45, 2.75) is 24.2 Å². The molecule has 6 atom stereocenters. The van der Waals surface area contributed by atoms with E-state index in [2.05, 4.69) is 0 Å². The van der Waals surface area contributed by atoms with Gasteiger partial charge in [0.1, 0.15) is 35.1 Å². The van der Waals surface area contributed by atoms with Crippen molar-refractivity contribution in [1.29, 1.82) is 0 Å². The quantitative estimate of drug-likeness (QED) is 0.307. The molecule has 44 heavy (non-hydrogen) atoms. The number of hydrazine groups is 1. The van der Waals surface area contributed by atoms with E-state index in [0.717, 1.165) is 0 Å².